The molecule has 1 aliphatic rings. The van der Waals surface area contributed by atoms with Gasteiger partial charge in [0.15, 0.2) is 17.5 Å². The lowest BCUT2D eigenvalue weighted by Crippen LogP contribution is -2.37. The Morgan fingerprint density at radius 1 is 0.925 bits per heavy atom. The molecule has 1 aromatic heterocycles. The minimum atomic E-state index is -1.96. The molecule has 3 aromatic carbocycles. The number of hydrogen-bond donors (Lipinski definition) is 2. The lowest BCUT2D eigenvalue weighted by Gasteiger charge is -2.19. The molecule has 10 heteroatoms. The summed E-state index contributed by atoms with van der Waals surface area (Å²) in [5.74, 6) is -6.33. The molecule has 0 bridgehead atoms. The molecule has 1 atom stereocenters. The Kier molecular flexibility index (Phi) is 6.68. The van der Waals surface area contributed by atoms with Crippen LogP contribution in [0.5, 0.6) is 0 Å². The van der Waals surface area contributed by atoms with Gasteiger partial charge in [0.2, 0.25) is 5.78 Å². The normalized spacial score (nSPS) is 12.9. The van der Waals surface area contributed by atoms with Crippen molar-refractivity contribution in [2.24, 2.45) is 0 Å². The van der Waals surface area contributed by atoms with Gasteiger partial charge in [-0.05, 0) is 44.5 Å². The van der Waals surface area contributed by atoms with Gasteiger partial charge in [0.25, 0.3) is 11.5 Å². The summed E-state index contributed by atoms with van der Waals surface area (Å²) in [6.07, 6.45) is 0. The summed E-state index contributed by atoms with van der Waals surface area (Å²) in [4.78, 5) is 85.5. The van der Waals surface area contributed by atoms with Crippen LogP contribution in [0.1, 0.15) is 61.5 Å². The van der Waals surface area contributed by atoms with Crippen molar-refractivity contribution in [3.05, 3.63) is 104 Å². The van der Waals surface area contributed by atoms with E-state index in [4.69, 9.17) is 4.74 Å². The Bertz CT molecular complexity index is 1840. The van der Waals surface area contributed by atoms with Crippen molar-refractivity contribution in [1.82, 2.24) is 9.97 Å². The summed E-state index contributed by atoms with van der Waals surface area (Å²) in [5.41, 5.74) is 0.962. The van der Waals surface area contributed by atoms with Crippen molar-refractivity contribution in [3.63, 3.8) is 0 Å². The average molecular weight is 538 g/mol. The SMILES string of the molecule is CCOC(=O)C(C(=O)C(=O)Nc1ccc(C)cc1C)c1nc2ccc3c(c2[nH]c1=O)C(=O)c1ccccc1C3=O. The van der Waals surface area contributed by atoms with E-state index in [2.05, 4.69) is 15.3 Å². The lowest BCUT2D eigenvalue weighted by molar-refractivity contribution is -0.150. The number of aryl methyl sites for hydroxylation is 2. The lowest BCUT2D eigenvalue weighted by atomic mass is 9.83. The number of nitrogens with one attached hydrogen (secondary N) is 2. The first-order valence-corrected chi connectivity index (χ1v) is 12.5. The number of Topliss-reactive ketones (excluding diaryl/α,β-unsaturated/α-hetero) is 1. The maximum Gasteiger partial charge on any atom is 0.323 e. The number of carbonyl (C=O) groups excluding carboxylic acids is 5. The quantitative estimate of drug-likeness (QED) is 0.190. The minimum Gasteiger partial charge on any atom is -0.465 e. The third kappa shape index (κ3) is 4.39. The summed E-state index contributed by atoms with van der Waals surface area (Å²) in [6.45, 7) is 5.02. The number of hydrogen-bond acceptors (Lipinski definition) is 8. The van der Waals surface area contributed by atoms with E-state index in [1.807, 2.05) is 13.0 Å². The highest BCUT2D eigenvalue weighted by Crippen LogP contribution is 2.31. The molecule has 2 N–H and O–H groups in total. The first-order chi connectivity index (χ1) is 19.1. The van der Waals surface area contributed by atoms with Gasteiger partial charge in [-0.2, -0.15) is 0 Å². The van der Waals surface area contributed by atoms with Gasteiger partial charge in [-0.25, -0.2) is 4.98 Å². The number of benzene rings is 3. The van der Waals surface area contributed by atoms with E-state index in [9.17, 15) is 28.8 Å². The van der Waals surface area contributed by atoms with Gasteiger partial charge in [-0.3, -0.25) is 28.8 Å². The molecule has 1 heterocycles. The third-order valence-electron chi connectivity index (χ3n) is 6.70. The number of esters is 1. The van der Waals surface area contributed by atoms with E-state index in [1.54, 1.807) is 37.3 Å². The molecule has 1 amide bonds. The van der Waals surface area contributed by atoms with E-state index >= 15 is 0 Å². The molecule has 1 unspecified atom stereocenters. The second-order valence-electron chi connectivity index (χ2n) is 9.36. The molecule has 5 rings (SSSR count). The predicted octanol–water partition coefficient (Wildman–Crippen LogP) is 3.17. The zero-order valence-electron chi connectivity index (χ0n) is 21.8. The Morgan fingerprint density at radius 3 is 2.30 bits per heavy atom. The third-order valence-corrected chi connectivity index (χ3v) is 6.70. The van der Waals surface area contributed by atoms with E-state index < -0.39 is 40.6 Å². The van der Waals surface area contributed by atoms with Crippen LogP contribution in [0, 0.1) is 13.8 Å². The molecular formula is C30H23N3O7. The van der Waals surface area contributed by atoms with Crippen molar-refractivity contribution in [3.8, 4) is 0 Å². The molecule has 0 saturated heterocycles. The number of aromatic amines is 1. The topological polar surface area (TPSA) is 152 Å². The number of aromatic nitrogens is 2. The molecule has 0 spiro atoms. The van der Waals surface area contributed by atoms with E-state index in [1.165, 1.54) is 25.1 Å². The van der Waals surface area contributed by atoms with Crippen LogP contribution in [0.25, 0.3) is 11.0 Å². The fourth-order valence-electron chi connectivity index (χ4n) is 4.79. The number of rotatable bonds is 6. The maximum atomic E-state index is 13.3. The molecule has 40 heavy (non-hydrogen) atoms. The first-order valence-electron chi connectivity index (χ1n) is 12.5. The molecule has 10 nitrogen and oxygen atoms in total. The Morgan fingerprint density at radius 2 is 1.62 bits per heavy atom. The van der Waals surface area contributed by atoms with Crippen molar-refractivity contribution in [2.75, 3.05) is 11.9 Å². The standard InChI is InChI=1S/C30H23N3O7/c1-4-40-30(39)22(27(36)29(38)32-19-11-9-14(2)13-15(19)3)24-28(37)33-23-20(31-24)12-10-18-21(23)26(35)17-8-6-5-7-16(17)25(18)34/h5-13,22H,4H2,1-3H3,(H,32,38)(H,33,37). The molecule has 0 radical (unpaired) electrons. The molecule has 0 fully saturated rings. The highest BCUT2D eigenvalue weighted by Gasteiger charge is 2.39. The fraction of sp³-hybridized carbons (Fsp3) is 0.167. The largest absolute Gasteiger partial charge is 0.465 e. The van der Waals surface area contributed by atoms with Crippen molar-refractivity contribution >= 4 is 45.9 Å². The van der Waals surface area contributed by atoms with Gasteiger partial charge >= 0.3 is 5.97 Å². The number of carbonyl (C=O) groups is 5. The number of nitrogens with zero attached hydrogens (tertiary/aromatic N) is 1. The summed E-state index contributed by atoms with van der Waals surface area (Å²) in [5, 5.41) is 2.48. The Balaban J connectivity index is 1.59. The van der Waals surface area contributed by atoms with Crippen molar-refractivity contribution in [1.29, 1.82) is 0 Å². The van der Waals surface area contributed by atoms with Gasteiger partial charge in [0.1, 0.15) is 5.69 Å². The predicted molar refractivity (Wildman–Crippen MR) is 145 cm³/mol. The molecule has 0 aliphatic heterocycles. The number of H-pyrrole nitrogens is 1. The maximum absolute atomic E-state index is 13.3. The van der Waals surface area contributed by atoms with Crippen LogP contribution in [0.2, 0.25) is 0 Å². The minimum absolute atomic E-state index is 0.0195. The van der Waals surface area contributed by atoms with Crippen LogP contribution in [0.4, 0.5) is 5.69 Å². The number of amides is 1. The Labute approximate surface area is 227 Å². The van der Waals surface area contributed by atoms with Gasteiger partial charge < -0.3 is 15.0 Å². The van der Waals surface area contributed by atoms with Crippen LogP contribution < -0.4 is 10.9 Å². The number of fused-ring (bicyclic) bond motifs is 4. The molecule has 4 aromatic rings. The summed E-state index contributed by atoms with van der Waals surface area (Å²) in [6, 6.07) is 14.3. The van der Waals surface area contributed by atoms with Crippen LogP contribution in [0.3, 0.4) is 0 Å². The molecule has 200 valence electrons. The molecule has 1 aliphatic carbocycles. The van der Waals surface area contributed by atoms with Gasteiger partial charge in [0.05, 0.1) is 23.2 Å². The summed E-state index contributed by atoms with van der Waals surface area (Å²) < 4.78 is 5.02. The van der Waals surface area contributed by atoms with Gasteiger partial charge in [-0.1, -0.05) is 42.0 Å². The molecule has 0 saturated carbocycles. The van der Waals surface area contributed by atoms with E-state index in [0.29, 0.717) is 11.3 Å². The summed E-state index contributed by atoms with van der Waals surface area (Å²) >= 11 is 0. The zero-order chi connectivity index (χ0) is 28.7. The fourth-order valence-corrected chi connectivity index (χ4v) is 4.79. The van der Waals surface area contributed by atoms with Crippen molar-refractivity contribution in [2.45, 2.75) is 26.7 Å². The van der Waals surface area contributed by atoms with Crippen LogP contribution >= 0.6 is 0 Å². The van der Waals surface area contributed by atoms with E-state index in [-0.39, 0.29) is 45.7 Å². The number of ketones is 3. The van der Waals surface area contributed by atoms with Crippen LogP contribution in [0.15, 0.2) is 59.4 Å². The first kappa shape index (κ1) is 26.4. The van der Waals surface area contributed by atoms with E-state index in [0.717, 1.165) is 5.56 Å². The number of ether oxygens (including phenoxy) is 1. The average Bonchev–Trinajstić information content (AvgIpc) is 2.93. The molecular weight excluding hydrogens is 514 g/mol. The van der Waals surface area contributed by atoms with Gasteiger partial charge in [0, 0.05) is 22.4 Å². The van der Waals surface area contributed by atoms with Crippen LogP contribution in [-0.4, -0.2) is 45.8 Å². The zero-order valence-corrected chi connectivity index (χ0v) is 21.8. The second-order valence-corrected chi connectivity index (χ2v) is 9.36. The Hall–Kier alpha value is -5.25. The van der Waals surface area contributed by atoms with Gasteiger partial charge in [-0.15, -0.1) is 0 Å². The monoisotopic (exact) mass is 537 g/mol. The highest BCUT2D eigenvalue weighted by molar-refractivity contribution is 6.45. The smallest absolute Gasteiger partial charge is 0.323 e. The number of anilines is 1. The second kappa shape index (κ2) is 10.1. The van der Waals surface area contributed by atoms with Crippen LogP contribution in [-0.2, 0) is 19.1 Å². The summed E-state index contributed by atoms with van der Waals surface area (Å²) in [7, 11) is 0. The van der Waals surface area contributed by atoms with Crippen molar-refractivity contribution < 1.29 is 28.7 Å². The highest BCUT2D eigenvalue weighted by atomic mass is 16.5.